The summed E-state index contributed by atoms with van der Waals surface area (Å²) in [5.41, 5.74) is 1.26. The van der Waals surface area contributed by atoms with E-state index in [1.165, 1.54) is 10.5 Å². The van der Waals surface area contributed by atoms with Gasteiger partial charge < -0.3 is 0 Å². The molecule has 1 heterocycles. The Balaban J connectivity index is 2.05. The van der Waals surface area contributed by atoms with Crippen LogP contribution in [0.3, 0.4) is 0 Å². The van der Waals surface area contributed by atoms with Gasteiger partial charge in [0.15, 0.2) is 0 Å². The van der Waals surface area contributed by atoms with Crippen LogP contribution in [0.1, 0.15) is 11.4 Å². The van der Waals surface area contributed by atoms with E-state index < -0.39 is 0 Å². The second-order valence-electron chi connectivity index (χ2n) is 3.53. The van der Waals surface area contributed by atoms with Gasteiger partial charge in [-0.15, -0.1) is 11.8 Å². The number of aryl methyl sites for hydroxylation is 1. The second kappa shape index (κ2) is 6.02. The summed E-state index contributed by atoms with van der Waals surface area (Å²) in [5.74, 6) is 1.50. The van der Waals surface area contributed by atoms with Crippen LogP contribution in [0.5, 0.6) is 0 Å². The normalized spacial score (nSPS) is 10.5. The van der Waals surface area contributed by atoms with Crippen molar-refractivity contribution in [3.63, 3.8) is 0 Å². The highest BCUT2D eigenvalue weighted by Crippen LogP contribution is 2.23. The lowest BCUT2D eigenvalue weighted by Crippen LogP contribution is -1.94. The van der Waals surface area contributed by atoms with Crippen molar-refractivity contribution in [1.29, 1.82) is 0 Å². The summed E-state index contributed by atoms with van der Waals surface area (Å²) in [4.78, 5) is 9.71. The van der Waals surface area contributed by atoms with E-state index in [-0.39, 0.29) is 0 Å². The van der Waals surface area contributed by atoms with E-state index in [1.54, 1.807) is 18.0 Å². The summed E-state index contributed by atoms with van der Waals surface area (Å²) in [6.45, 7) is 2.09. The van der Waals surface area contributed by atoms with Gasteiger partial charge in [0.1, 0.15) is 11.0 Å². The Morgan fingerprint density at radius 3 is 2.94 bits per heavy atom. The zero-order valence-electron chi connectivity index (χ0n) is 9.15. The number of rotatable bonds is 3. The number of thioether (sulfide) groups is 1. The third-order valence-corrected chi connectivity index (χ3v) is 4.49. The van der Waals surface area contributed by atoms with Gasteiger partial charge in [0.05, 0.1) is 9.32 Å². The molecule has 2 nitrogen and oxygen atoms in total. The zero-order chi connectivity index (χ0) is 12.3. The maximum Gasteiger partial charge on any atom is 0.146 e. The topological polar surface area (TPSA) is 25.8 Å². The molecule has 17 heavy (non-hydrogen) atoms. The molecule has 0 radical (unpaired) electrons. The first kappa shape index (κ1) is 13.1. The van der Waals surface area contributed by atoms with E-state index in [0.717, 1.165) is 15.1 Å². The van der Waals surface area contributed by atoms with Crippen LogP contribution in [0.4, 0.5) is 0 Å². The van der Waals surface area contributed by atoms with E-state index in [1.807, 2.05) is 0 Å². The van der Waals surface area contributed by atoms with Crippen molar-refractivity contribution >= 4 is 46.0 Å². The second-order valence-corrected chi connectivity index (χ2v) is 6.10. The largest absolute Gasteiger partial charge is 0.239 e. The van der Waals surface area contributed by atoms with Gasteiger partial charge >= 0.3 is 0 Å². The molecule has 0 aliphatic heterocycles. The predicted molar refractivity (Wildman–Crippen MR) is 80.5 cm³/mol. The fourth-order valence-corrected chi connectivity index (χ4v) is 2.59. The molecule has 0 aliphatic carbocycles. The van der Waals surface area contributed by atoms with Gasteiger partial charge in [-0.3, -0.25) is 0 Å². The van der Waals surface area contributed by atoms with Gasteiger partial charge in [0, 0.05) is 11.1 Å². The summed E-state index contributed by atoms with van der Waals surface area (Å²) in [7, 11) is 0. The summed E-state index contributed by atoms with van der Waals surface area (Å²) in [6, 6.07) is 8.38. The Labute approximate surface area is 123 Å². The average Bonchev–Trinajstić information content (AvgIpc) is 2.31. The first-order valence-electron chi connectivity index (χ1n) is 5.01. The first-order valence-corrected chi connectivity index (χ1v) is 7.46. The van der Waals surface area contributed by atoms with Crippen molar-refractivity contribution in [3.8, 4) is 0 Å². The minimum absolute atomic E-state index is 0.528. The molecule has 0 unspecified atom stereocenters. The third kappa shape index (κ3) is 3.82. The predicted octanol–water partition coefficient (Wildman–Crippen LogP) is 4.34. The van der Waals surface area contributed by atoms with E-state index in [9.17, 15) is 0 Å². The van der Waals surface area contributed by atoms with Crippen LogP contribution in [0, 0.1) is 10.5 Å². The van der Waals surface area contributed by atoms with Gasteiger partial charge in [-0.05, 0) is 41.6 Å². The Morgan fingerprint density at radius 2 is 2.24 bits per heavy atom. The summed E-state index contributed by atoms with van der Waals surface area (Å²) in [5, 5.41) is 0.528. The monoisotopic (exact) mass is 376 g/mol. The molecule has 0 amide bonds. The van der Waals surface area contributed by atoms with E-state index in [2.05, 4.69) is 63.7 Å². The van der Waals surface area contributed by atoms with Crippen molar-refractivity contribution in [3.05, 3.63) is 50.6 Å². The number of hydrogen-bond donors (Lipinski definition) is 0. The minimum atomic E-state index is 0.528. The highest BCUT2D eigenvalue weighted by Gasteiger charge is 2.03. The maximum absolute atomic E-state index is 5.95. The smallest absolute Gasteiger partial charge is 0.146 e. The van der Waals surface area contributed by atoms with Gasteiger partial charge in [-0.25, -0.2) is 9.97 Å². The van der Waals surface area contributed by atoms with Gasteiger partial charge in [0.25, 0.3) is 0 Å². The van der Waals surface area contributed by atoms with Gasteiger partial charge in [0.2, 0.25) is 0 Å². The molecular weight excluding hydrogens is 367 g/mol. The molecule has 1 aromatic heterocycles. The third-order valence-electron chi connectivity index (χ3n) is 2.11. The molecule has 5 heteroatoms. The Morgan fingerprint density at radius 1 is 1.41 bits per heavy atom. The highest BCUT2D eigenvalue weighted by atomic mass is 127. The molecule has 0 fully saturated rings. The lowest BCUT2D eigenvalue weighted by atomic mass is 10.2. The quantitative estimate of drug-likeness (QED) is 0.453. The van der Waals surface area contributed by atoms with Crippen LogP contribution in [-0.2, 0) is 5.75 Å². The molecule has 0 N–H and O–H groups in total. The van der Waals surface area contributed by atoms with Crippen molar-refractivity contribution < 1.29 is 0 Å². The number of nitrogens with zero attached hydrogens (tertiary/aromatic N) is 2. The van der Waals surface area contributed by atoms with Crippen LogP contribution < -0.4 is 0 Å². The standard InChI is InChI=1S/C12H10ClIN2S/c1-8-3-2-4-9(5-8)17-7-11-15-6-10(14)12(13)16-11/h2-6H,7H2,1H3. The van der Waals surface area contributed by atoms with Crippen LogP contribution in [0.25, 0.3) is 0 Å². The van der Waals surface area contributed by atoms with Gasteiger partial charge in [-0.2, -0.15) is 0 Å². The zero-order valence-corrected chi connectivity index (χ0v) is 12.9. The molecule has 0 atom stereocenters. The van der Waals surface area contributed by atoms with Crippen LogP contribution in [0.2, 0.25) is 5.15 Å². The Hall–Kier alpha value is -0.330. The van der Waals surface area contributed by atoms with Crippen LogP contribution >= 0.6 is 46.0 Å². The highest BCUT2D eigenvalue weighted by molar-refractivity contribution is 14.1. The lowest BCUT2D eigenvalue weighted by molar-refractivity contribution is 1.02. The molecule has 0 aliphatic rings. The Kier molecular flexibility index (Phi) is 4.64. The first-order chi connectivity index (χ1) is 8.15. The SMILES string of the molecule is Cc1cccc(SCc2ncc(I)c(Cl)n2)c1. The molecular formula is C12H10ClIN2S. The fraction of sp³-hybridized carbons (Fsp3) is 0.167. The number of halogens is 2. The lowest BCUT2D eigenvalue weighted by Gasteiger charge is -2.03. The average molecular weight is 377 g/mol. The summed E-state index contributed by atoms with van der Waals surface area (Å²) < 4.78 is 0.883. The molecule has 2 aromatic rings. The molecule has 88 valence electrons. The summed E-state index contributed by atoms with van der Waals surface area (Å²) >= 11 is 9.79. The van der Waals surface area contributed by atoms with Crippen molar-refractivity contribution in [2.75, 3.05) is 0 Å². The molecule has 0 spiro atoms. The molecule has 2 rings (SSSR count). The van der Waals surface area contributed by atoms with E-state index >= 15 is 0 Å². The molecule has 1 aromatic carbocycles. The summed E-state index contributed by atoms with van der Waals surface area (Å²) in [6.07, 6.45) is 1.75. The van der Waals surface area contributed by atoms with Gasteiger partial charge in [-0.1, -0.05) is 29.3 Å². The molecule has 0 saturated carbocycles. The van der Waals surface area contributed by atoms with Crippen molar-refractivity contribution in [2.45, 2.75) is 17.6 Å². The number of hydrogen-bond acceptors (Lipinski definition) is 3. The number of aromatic nitrogens is 2. The van der Waals surface area contributed by atoms with Crippen molar-refractivity contribution in [1.82, 2.24) is 9.97 Å². The molecule has 0 saturated heterocycles. The maximum atomic E-state index is 5.95. The number of benzene rings is 1. The van der Waals surface area contributed by atoms with E-state index in [4.69, 9.17) is 11.6 Å². The van der Waals surface area contributed by atoms with E-state index in [0.29, 0.717) is 5.15 Å². The minimum Gasteiger partial charge on any atom is -0.239 e. The molecule has 0 bridgehead atoms. The fourth-order valence-electron chi connectivity index (χ4n) is 1.30. The Bertz CT molecular complexity index is 534. The van der Waals surface area contributed by atoms with Crippen LogP contribution in [-0.4, -0.2) is 9.97 Å². The van der Waals surface area contributed by atoms with Crippen molar-refractivity contribution in [2.24, 2.45) is 0 Å². The van der Waals surface area contributed by atoms with Crippen LogP contribution in [0.15, 0.2) is 35.4 Å².